The maximum Gasteiger partial charge on any atom is 0.348 e. The van der Waals surface area contributed by atoms with Crippen LogP contribution in [0.15, 0.2) is 35.3 Å². The second kappa shape index (κ2) is 11.7. The van der Waals surface area contributed by atoms with E-state index in [9.17, 15) is 13.6 Å². The smallest absolute Gasteiger partial charge is 0.319 e. The highest BCUT2D eigenvalue weighted by molar-refractivity contribution is 6.33. The van der Waals surface area contributed by atoms with E-state index in [0.717, 1.165) is 11.6 Å². The molecule has 1 fully saturated rings. The molecule has 10 heteroatoms. The number of aryl methyl sites for hydroxylation is 1. The van der Waals surface area contributed by atoms with Gasteiger partial charge in [-0.3, -0.25) is 9.47 Å². The van der Waals surface area contributed by atoms with Gasteiger partial charge in [0.2, 0.25) is 0 Å². The monoisotopic (exact) mass is 606 g/mol. The Morgan fingerprint density at radius 2 is 1.76 bits per heavy atom. The predicted molar refractivity (Wildman–Crippen MR) is 159 cm³/mol. The molecule has 0 aliphatic carbocycles. The van der Waals surface area contributed by atoms with Crippen molar-refractivity contribution in [3.8, 4) is 11.1 Å². The van der Waals surface area contributed by atoms with Gasteiger partial charge in [0.1, 0.15) is 23.1 Å². The average molecular weight is 607 g/mol. The first-order valence-electron chi connectivity index (χ1n) is 14.2. The molecule has 3 aromatic rings. The largest absolute Gasteiger partial charge is 0.348 e. The molecule has 2 heterocycles. The fourth-order valence-corrected chi connectivity index (χ4v) is 6.38. The van der Waals surface area contributed by atoms with Gasteiger partial charge < -0.3 is 5.73 Å². The van der Waals surface area contributed by atoms with E-state index in [4.69, 9.17) is 17.3 Å². The highest BCUT2D eigenvalue weighted by atomic mass is 35.5. The molecule has 1 aliphatic heterocycles. The zero-order valence-corrected chi connectivity index (χ0v) is 25.9. The third kappa shape index (κ3) is 5.75. The standard InChI is InChI=1S/C32H39ClF4N4O/c1-17(2)29-21(11-12-40-15-31(7,37)16-40)14-41(30(42)39-29)20(6)32(38,18(3)4)26-27(35)19(5)13-22(28(26)36)25-23(33)9-8-10-24(25)34/h8-10,13-14,17-18,20H,11-12,15-16,38H2,1-7H3/t20?,32-/m1/s1. The van der Waals surface area contributed by atoms with Crippen LogP contribution in [-0.2, 0) is 12.0 Å². The summed E-state index contributed by atoms with van der Waals surface area (Å²) in [4.78, 5) is 19.8. The van der Waals surface area contributed by atoms with Gasteiger partial charge in [-0.05, 0) is 68.4 Å². The van der Waals surface area contributed by atoms with Crippen LogP contribution in [0.5, 0.6) is 0 Å². The topological polar surface area (TPSA) is 64.2 Å². The van der Waals surface area contributed by atoms with Crippen molar-refractivity contribution in [1.29, 1.82) is 0 Å². The third-order valence-electron chi connectivity index (χ3n) is 8.52. The van der Waals surface area contributed by atoms with Crippen LogP contribution in [0, 0.1) is 30.3 Å². The molecule has 0 radical (unpaired) electrons. The summed E-state index contributed by atoms with van der Waals surface area (Å²) in [5, 5.41) is -0.0318. The summed E-state index contributed by atoms with van der Waals surface area (Å²) in [6.45, 7) is 13.1. The van der Waals surface area contributed by atoms with E-state index in [-0.39, 0.29) is 27.6 Å². The molecule has 42 heavy (non-hydrogen) atoms. The third-order valence-corrected chi connectivity index (χ3v) is 8.84. The van der Waals surface area contributed by atoms with Crippen molar-refractivity contribution in [2.45, 2.75) is 78.1 Å². The highest BCUT2D eigenvalue weighted by Gasteiger charge is 2.45. The van der Waals surface area contributed by atoms with Gasteiger partial charge in [0.25, 0.3) is 0 Å². The Balaban J connectivity index is 1.86. The van der Waals surface area contributed by atoms with E-state index in [2.05, 4.69) is 4.98 Å². The molecule has 0 saturated carbocycles. The number of hydrogen-bond donors (Lipinski definition) is 1. The van der Waals surface area contributed by atoms with Gasteiger partial charge in [-0.25, -0.2) is 22.4 Å². The average Bonchev–Trinajstić information content (AvgIpc) is 2.88. The summed E-state index contributed by atoms with van der Waals surface area (Å²) >= 11 is 6.27. The van der Waals surface area contributed by atoms with E-state index in [1.165, 1.54) is 29.7 Å². The number of likely N-dealkylation sites (tertiary alicyclic amines) is 1. The fraction of sp³-hybridized carbons (Fsp3) is 0.500. The van der Waals surface area contributed by atoms with E-state index in [1.807, 2.05) is 18.7 Å². The number of aromatic nitrogens is 2. The van der Waals surface area contributed by atoms with E-state index < -0.39 is 51.9 Å². The van der Waals surface area contributed by atoms with Crippen molar-refractivity contribution in [3.05, 3.63) is 85.8 Å². The summed E-state index contributed by atoms with van der Waals surface area (Å²) in [6.07, 6.45) is 2.17. The number of halogens is 5. The Bertz CT molecular complexity index is 1530. The minimum absolute atomic E-state index is 0.0318. The van der Waals surface area contributed by atoms with Crippen LogP contribution in [0.1, 0.15) is 75.9 Å². The molecule has 0 spiro atoms. The second-order valence-electron chi connectivity index (χ2n) is 12.5. The van der Waals surface area contributed by atoms with Crippen LogP contribution in [0.3, 0.4) is 0 Å². The molecule has 2 aromatic carbocycles. The number of rotatable bonds is 9. The number of hydrogen-bond acceptors (Lipinski definition) is 4. The lowest BCUT2D eigenvalue weighted by molar-refractivity contribution is -0.0163. The van der Waals surface area contributed by atoms with Gasteiger partial charge in [-0.15, -0.1) is 0 Å². The Morgan fingerprint density at radius 3 is 2.31 bits per heavy atom. The van der Waals surface area contributed by atoms with Crippen molar-refractivity contribution >= 4 is 11.6 Å². The lowest BCUT2D eigenvalue weighted by Crippen LogP contribution is -2.57. The number of nitrogens with zero attached hydrogens (tertiary/aromatic N) is 3. The fourth-order valence-electron chi connectivity index (χ4n) is 6.11. The maximum atomic E-state index is 16.5. The molecule has 1 saturated heterocycles. The normalized spacial score (nSPS) is 17.4. The summed E-state index contributed by atoms with van der Waals surface area (Å²) in [7, 11) is 0. The summed E-state index contributed by atoms with van der Waals surface area (Å²) in [5.41, 5.74) is 3.99. The molecular formula is C32H39ClF4N4O. The molecule has 0 amide bonds. The predicted octanol–water partition coefficient (Wildman–Crippen LogP) is 7.07. The molecule has 2 N–H and O–H groups in total. The Hall–Kier alpha value is -2.75. The quantitative estimate of drug-likeness (QED) is 0.265. The zero-order chi connectivity index (χ0) is 31.3. The lowest BCUT2D eigenvalue weighted by atomic mass is 9.73. The lowest BCUT2D eigenvalue weighted by Gasteiger charge is -2.42. The van der Waals surface area contributed by atoms with Crippen molar-refractivity contribution < 1.29 is 17.6 Å². The van der Waals surface area contributed by atoms with Crippen LogP contribution in [-0.4, -0.2) is 39.8 Å². The van der Waals surface area contributed by atoms with Gasteiger partial charge in [0.05, 0.1) is 22.3 Å². The molecule has 1 aromatic heterocycles. The Kier molecular flexibility index (Phi) is 8.99. The zero-order valence-electron chi connectivity index (χ0n) is 25.2. The summed E-state index contributed by atoms with van der Waals surface area (Å²) in [6, 6.07) is 4.22. The molecule has 4 rings (SSSR count). The number of nitrogens with two attached hydrogens (primary N) is 1. The minimum Gasteiger partial charge on any atom is -0.319 e. The molecule has 228 valence electrons. The van der Waals surface area contributed by atoms with Crippen LogP contribution >= 0.6 is 11.6 Å². The second-order valence-corrected chi connectivity index (χ2v) is 12.9. The molecular weight excluding hydrogens is 568 g/mol. The Labute approximate surface area is 249 Å². The van der Waals surface area contributed by atoms with Gasteiger partial charge in [-0.2, -0.15) is 4.98 Å². The van der Waals surface area contributed by atoms with Crippen LogP contribution < -0.4 is 11.4 Å². The minimum atomic E-state index is -1.76. The number of alkyl halides is 1. The molecule has 0 bridgehead atoms. The van der Waals surface area contributed by atoms with Crippen molar-refractivity contribution in [2.75, 3.05) is 19.6 Å². The SMILES string of the molecule is Cc1cc(-c2c(F)cccc2Cl)c(F)c([C@@](N)(C(C)C)C(C)n2cc(CCN3CC(C)(F)C3)c(C(C)C)nc2=O)c1F. The van der Waals surface area contributed by atoms with Crippen molar-refractivity contribution in [1.82, 2.24) is 14.5 Å². The van der Waals surface area contributed by atoms with Gasteiger partial charge >= 0.3 is 5.69 Å². The van der Waals surface area contributed by atoms with Crippen molar-refractivity contribution in [3.63, 3.8) is 0 Å². The first-order chi connectivity index (χ1) is 19.5. The molecule has 1 unspecified atom stereocenters. The van der Waals surface area contributed by atoms with Crippen LogP contribution in [0.25, 0.3) is 11.1 Å². The molecule has 2 atom stereocenters. The van der Waals surface area contributed by atoms with E-state index in [0.29, 0.717) is 31.7 Å². The van der Waals surface area contributed by atoms with E-state index in [1.54, 1.807) is 33.9 Å². The summed E-state index contributed by atoms with van der Waals surface area (Å²) < 4.78 is 62.7. The van der Waals surface area contributed by atoms with Crippen molar-refractivity contribution in [2.24, 2.45) is 11.7 Å². The van der Waals surface area contributed by atoms with Gasteiger partial charge in [-0.1, -0.05) is 45.4 Å². The number of benzene rings is 2. The van der Waals surface area contributed by atoms with E-state index >= 15 is 8.78 Å². The van der Waals surface area contributed by atoms with Crippen LogP contribution in [0.4, 0.5) is 17.6 Å². The Morgan fingerprint density at radius 1 is 1.12 bits per heavy atom. The first kappa shape index (κ1) is 32.2. The molecule has 1 aliphatic rings. The molecule has 5 nitrogen and oxygen atoms in total. The van der Waals surface area contributed by atoms with Crippen LogP contribution in [0.2, 0.25) is 5.02 Å². The maximum absolute atomic E-state index is 16.5. The van der Waals surface area contributed by atoms with Gasteiger partial charge in [0, 0.05) is 42.5 Å². The van der Waals surface area contributed by atoms with Gasteiger partial charge in [0.15, 0.2) is 0 Å². The first-order valence-corrected chi connectivity index (χ1v) is 14.6. The summed E-state index contributed by atoms with van der Waals surface area (Å²) in [5.74, 6) is -3.32. The highest BCUT2D eigenvalue weighted by Crippen LogP contribution is 2.44.